The van der Waals surface area contributed by atoms with Crippen molar-refractivity contribution in [1.82, 2.24) is 29.8 Å². The molecule has 3 aromatic heterocycles. The first-order chi connectivity index (χ1) is 12.3. The molecule has 0 radical (unpaired) electrons. The van der Waals surface area contributed by atoms with E-state index < -0.39 is 0 Å². The first-order valence-electron chi connectivity index (χ1n) is 8.59. The van der Waals surface area contributed by atoms with E-state index in [-0.39, 0.29) is 0 Å². The third kappa shape index (κ3) is 3.23. The summed E-state index contributed by atoms with van der Waals surface area (Å²) in [7, 11) is 0. The number of hydrogen-bond acceptors (Lipinski definition) is 6. The first-order valence-corrected chi connectivity index (χ1v) is 8.59. The van der Waals surface area contributed by atoms with E-state index in [0.717, 1.165) is 54.6 Å². The zero-order valence-electron chi connectivity index (χ0n) is 14.2. The highest BCUT2D eigenvalue weighted by molar-refractivity contribution is 5.59. The van der Waals surface area contributed by atoms with Gasteiger partial charge >= 0.3 is 0 Å². The van der Waals surface area contributed by atoms with Gasteiger partial charge in [0.25, 0.3) is 0 Å². The van der Waals surface area contributed by atoms with Crippen LogP contribution in [0.2, 0.25) is 0 Å². The predicted octanol–water partition coefficient (Wildman–Crippen LogP) is 2.01. The van der Waals surface area contributed by atoms with Gasteiger partial charge in [-0.1, -0.05) is 0 Å². The van der Waals surface area contributed by atoms with E-state index in [1.165, 1.54) is 5.56 Å². The fraction of sp³-hybridized carbons (Fsp3) is 0.333. The summed E-state index contributed by atoms with van der Waals surface area (Å²) in [6.45, 7) is 5.45. The molecule has 0 atom stereocenters. The Hall–Kier alpha value is -2.80. The second kappa shape index (κ2) is 6.98. The van der Waals surface area contributed by atoms with Crippen LogP contribution in [0.1, 0.15) is 23.9 Å². The van der Waals surface area contributed by atoms with Crippen LogP contribution in [0.25, 0.3) is 11.4 Å². The first kappa shape index (κ1) is 15.7. The molecule has 2 N–H and O–H groups in total. The fourth-order valence-electron chi connectivity index (χ4n) is 3.09. The number of nitrogens with one attached hydrogen (secondary N) is 2. The Morgan fingerprint density at radius 2 is 2.08 bits per heavy atom. The van der Waals surface area contributed by atoms with Crippen molar-refractivity contribution in [3.63, 3.8) is 0 Å². The monoisotopic (exact) mass is 335 g/mol. The van der Waals surface area contributed by atoms with Crippen LogP contribution in [-0.4, -0.2) is 31.0 Å². The number of nitrogens with zero attached hydrogens (tertiary/aromatic N) is 5. The molecule has 128 valence electrons. The average molecular weight is 335 g/mol. The molecule has 25 heavy (non-hydrogen) atoms. The number of aromatic nitrogens is 5. The number of fused-ring (bicyclic) bond motifs is 1. The van der Waals surface area contributed by atoms with Crippen molar-refractivity contribution in [2.24, 2.45) is 0 Å². The van der Waals surface area contributed by atoms with Crippen LogP contribution in [0, 0.1) is 0 Å². The summed E-state index contributed by atoms with van der Waals surface area (Å²) >= 11 is 0. The smallest absolute Gasteiger partial charge is 0.161 e. The number of hydrogen-bond donors (Lipinski definition) is 2. The molecule has 1 aliphatic rings. The molecule has 0 fully saturated rings. The number of imidazole rings is 1. The minimum absolute atomic E-state index is 0.695. The van der Waals surface area contributed by atoms with E-state index in [0.29, 0.717) is 6.54 Å². The molecular weight excluding hydrogens is 314 g/mol. The topological polar surface area (TPSA) is 80.6 Å². The molecule has 4 rings (SSSR count). The SMILES string of the molecule is CCn1cncc1CNc1nc(-c2ccncc2)nc2c1CCNC2. The third-order valence-electron chi connectivity index (χ3n) is 4.45. The van der Waals surface area contributed by atoms with Crippen LogP contribution in [0.15, 0.2) is 37.1 Å². The molecule has 7 nitrogen and oxygen atoms in total. The molecule has 0 aromatic carbocycles. The van der Waals surface area contributed by atoms with Gasteiger partial charge in [-0.2, -0.15) is 0 Å². The van der Waals surface area contributed by atoms with Gasteiger partial charge in [-0.3, -0.25) is 4.98 Å². The molecule has 0 bridgehead atoms. The zero-order valence-corrected chi connectivity index (χ0v) is 14.2. The molecule has 4 heterocycles. The van der Waals surface area contributed by atoms with Crippen LogP contribution >= 0.6 is 0 Å². The summed E-state index contributed by atoms with van der Waals surface area (Å²) in [5, 5.41) is 6.89. The van der Waals surface area contributed by atoms with E-state index in [9.17, 15) is 0 Å². The third-order valence-corrected chi connectivity index (χ3v) is 4.45. The van der Waals surface area contributed by atoms with Crippen molar-refractivity contribution >= 4 is 5.82 Å². The van der Waals surface area contributed by atoms with Crippen LogP contribution in [0.5, 0.6) is 0 Å². The quantitative estimate of drug-likeness (QED) is 0.742. The Bertz CT molecular complexity index is 857. The molecule has 3 aromatic rings. The van der Waals surface area contributed by atoms with Crippen molar-refractivity contribution in [3.8, 4) is 11.4 Å². The van der Waals surface area contributed by atoms with Gasteiger partial charge in [0.1, 0.15) is 5.82 Å². The largest absolute Gasteiger partial charge is 0.364 e. The van der Waals surface area contributed by atoms with Crippen LogP contribution in [-0.2, 0) is 26.1 Å². The summed E-state index contributed by atoms with van der Waals surface area (Å²) in [5.41, 5.74) is 4.40. The number of anilines is 1. The zero-order chi connectivity index (χ0) is 17.1. The van der Waals surface area contributed by atoms with Gasteiger partial charge in [-0.05, 0) is 32.0 Å². The van der Waals surface area contributed by atoms with E-state index in [1.807, 2.05) is 24.7 Å². The Morgan fingerprint density at radius 3 is 2.92 bits per heavy atom. The van der Waals surface area contributed by atoms with Gasteiger partial charge in [0.15, 0.2) is 5.82 Å². The Morgan fingerprint density at radius 1 is 1.20 bits per heavy atom. The lowest BCUT2D eigenvalue weighted by molar-refractivity contribution is 0.624. The van der Waals surface area contributed by atoms with Crippen molar-refractivity contribution < 1.29 is 0 Å². The van der Waals surface area contributed by atoms with Crippen molar-refractivity contribution in [2.75, 3.05) is 11.9 Å². The molecule has 0 spiro atoms. The molecular formula is C18H21N7. The Labute approximate surface area is 146 Å². The summed E-state index contributed by atoms with van der Waals surface area (Å²) in [6, 6.07) is 3.88. The highest BCUT2D eigenvalue weighted by Crippen LogP contribution is 2.25. The lowest BCUT2D eigenvalue weighted by Gasteiger charge is -2.21. The van der Waals surface area contributed by atoms with Crippen molar-refractivity contribution in [1.29, 1.82) is 0 Å². The fourth-order valence-corrected chi connectivity index (χ4v) is 3.09. The van der Waals surface area contributed by atoms with Gasteiger partial charge in [0.2, 0.25) is 0 Å². The Kier molecular flexibility index (Phi) is 4.39. The van der Waals surface area contributed by atoms with Crippen LogP contribution < -0.4 is 10.6 Å². The molecule has 1 aliphatic heterocycles. The molecule has 0 amide bonds. The normalized spacial score (nSPS) is 13.5. The van der Waals surface area contributed by atoms with E-state index >= 15 is 0 Å². The standard InChI is InChI=1S/C18H21N7/c1-2-25-12-21-9-14(25)10-22-18-15-5-8-20-11-16(15)23-17(24-18)13-3-6-19-7-4-13/h3-4,6-7,9,12,20H,2,5,8,10-11H2,1H3,(H,22,23,24). The number of aryl methyl sites for hydroxylation is 1. The van der Waals surface area contributed by atoms with Gasteiger partial charge in [0, 0.05) is 42.8 Å². The van der Waals surface area contributed by atoms with Crippen LogP contribution in [0.4, 0.5) is 5.82 Å². The minimum atomic E-state index is 0.695. The summed E-state index contributed by atoms with van der Waals surface area (Å²) < 4.78 is 2.13. The lowest BCUT2D eigenvalue weighted by Crippen LogP contribution is -2.26. The molecule has 0 aliphatic carbocycles. The van der Waals surface area contributed by atoms with Gasteiger partial charge in [-0.25, -0.2) is 15.0 Å². The van der Waals surface area contributed by atoms with E-state index in [2.05, 4.69) is 32.1 Å². The summed E-state index contributed by atoms with van der Waals surface area (Å²) in [6.07, 6.45) is 8.22. The highest BCUT2D eigenvalue weighted by atomic mass is 15.1. The lowest BCUT2D eigenvalue weighted by atomic mass is 10.1. The summed E-state index contributed by atoms with van der Waals surface area (Å²) in [5.74, 6) is 1.65. The number of rotatable bonds is 5. The maximum atomic E-state index is 4.80. The highest BCUT2D eigenvalue weighted by Gasteiger charge is 2.18. The number of pyridine rings is 1. The van der Waals surface area contributed by atoms with Gasteiger partial charge < -0.3 is 15.2 Å². The van der Waals surface area contributed by atoms with E-state index in [1.54, 1.807) is 12.4 Å². The average Bonchev–Trinajstić information content (AvgIpc) is 3.14. The molecule has 0 saturated heterocycles. The summed E-state index contributed by atoms with van der Waals surface area (Å²) in [4.78, 5) is 17.9. The molecule has 7 heteroatoms. The van der Waals surface area contributed by atoms with Gasteiger partial charge in [0.05, 0.1) is 24.3 Å². The second-order valence-corrected chi connectivity index (χ2v) is 6.01. The maximum Gasteiger partial charge on any atom is 0.161 e. The second-order valence-electron chi connectivity index (χ2n) is 6.01. The maximum absolute atomic E-state index is 4.80. The van der Waals surface area contributed by atoms with E-state index in [4.69, 9.17) is 9.97 Å². The van der Waals surface area contributed by atoms with Crippen molar-refractivity contribution in [2.45, 2.75) is 33.0 Å². The molecule has 0 saturated carbocycles. The van der Waals surface area contributed by atoms with Crippen LogP contribution in [0.3, 0.4) is 0 Å². The van der Waals surface area contributed by atoms with Gasteiger partial charge in [-0.15, -0.1) is 0 Å². The van der Waals surface area contributed by atoms with Crippen molar-refractivity contribution in [3.05, 3.63) is 54.0 Å². The minimum Gasteiger partial charge on any atom is -0.364 e. The molecule has 0 unspecified atom stereocenters. The Balaban J connectivity index is 1.67. The predicted molar refractivity (Wildman–Crippen MR) is 95.9 cm³/mol.